The fourth-order valence-electron chi connectivity index (χ4n) is 4.94. The van der Waals surface area contributed by atoms with E-state index in [2.05, 4.69) is 5.32 Å². The van der Waals surface area contributed by atoms with Crippen LogP contribution in [0.25, 0.3) is 5.69 Å². The standard InChI is InChI=1S/C32H31F4N3O2/c1-2-28-25(32(34,35)36)17-29(39(28)24-10-6-7-21(15-24)18-37)31(40)38-27-14-13-23(16-26(27)33)30(41-19-20-11-12-20)22-8-4-3-5-9-22/h3-10,13-17,20,30H,2,11-12,18-19,37H2,1H3,(H,38,40). The number of halogens is 4. The summed E-state index contributed by atoms with van der Waals surface area (Å²) in [6, 6.07) is 21.3. The first kappa shape index (κ1) is 28.6. The average Bonchev–Trinajstić information content (AvgIpc) is 3.70. The van der Waals surface area contributed by atoms with E-state index in [1.54, 1.807) is 37.3 Å². The molecular weight excluding hydrogens is 534 g/mol. The maximum absolute atomic E-state index is 15.4. The molecule has 1 fully saturated rings. The summed E-state index contributed by atoms with van der Waals surface area (Å²) in [5, 5.41) is 2.48. The predicted molar refractivity (Wildman–Crippen MR) is 149 cm³/mol. The molecule has 1 aromatic heterocycles. The first-order valence-corrected chi connectivity index (χ1v) is 13.6. The van der Waals surface area contributed by atoms with E-state index in [1.807, 2.05) is 30.3 Å². The highest BCUT2D eigenvalue weighted by molar-refractivity contribution is 6.04. The van der Waals surface area contributed by atoms with Crippen molar-refractivity contribution in [3.05, 3.63) is 118 Å². The van der Waals surface area contributed by atoms with Gasteiger partial charge >= 0.3 is 6.18 Å². The number of rotatable bonds is 10. The molecule has 4 aromatic rings. The minimum Gasteiger partial charge on any atom is -0.368 e. The molecular formula is C32H31F4N3O2. The van der Waals surface area contributed by atoms with Gasteiger partial charge in [0.1, 0.15) is 17.6 Å². The summed E-state index contributed by atoms with van der Waals surface area (Å²) < 4.78 is 64.8. The molecule has 214 valence electrons. The van der Waals surface area contributed by atoms with Gasteiger partial charge < -0.3 is 20.4 Å². The average molecular weight is 566 g/mol. The number of benzene rings is 3. The lowest BCUT2D eigenvalue weighted by Gasteiger charge is -2.20. The van der Waals surface area contributed by atoms with Crippen molar-refractivity contribution in [2.24, 2.45) is 11.7 Å². The van der Waals surface area contributed by atoms with Crippen molar-refractivity contribution >= 4 is 11.6 Å². The summed E-state index contributed by atoms with van der Waals surface area (Å²) in [7, 11) is 0. The summed E-state index contributed by atoms with van der Waals surface area (Å²) in [6.07, 6.45) is -2.95. The van der Waals surface area contributed by atoms with Crippen LogP contribution in [-0.4, -0.2) is 17.1 Å². The lowest BCUT2D eigenvalue weighted by Crippen LogP contribution is -2.18. The molecule has 1 saturated carbocycles. The number of ether oxygens (including phenoxy) is 1. The normalized spacial score (nSPS) is 14.2. The molecule has 1 aliphatic carbocycles. The van der Waals surface area contributed by atoms with Crippen LogP contribution in [0.4, 0.5) is 23.2 Å². The van der Waals surface area contributed by atoms with Gasteiger partial charge in [-0.25, -0.2) is 4.39 Å². The van der Waals surface area contributed by atoms with Gasteiger partial charge in [-0.3, -0.25) is 4.79 Å². The van der Waals surface area contributed by atoms with Crippen molar-refractivity contribution < 1.29 is 27.1 Å². The molecule has 0 radical (unpaired) electrons. The molecule has 0 spiro atoms. The van der Waals surface area contributed by atoms with E-state index < -0.39 is 29.6 Å². The Balaban J connectivity index is 1.48. The van der Waals surface area contributed by atoms with E-state index in [4.69, 9.17) is 10.5 Å². The van der Waals surface area contributed by atoms with Gasteiger partial charge in [0.05, 0.1) is 17.9 Å². The molecule has 5 nitrogen and oxygen atoms in total. The fourth-order valence-corrected chi connectivity index (χ4v) is 4.94. The van der Waals surface area contributed by atoms with Crippen molar-refractivity contribution in [1.29, 1.82) is 0 Å². The van der Waals surface area contributed by atoms with E-state index in [9.17, 15) is 18.0 Å². The number of hydrogen-bond acceptors (Lipinski definition) is 3. The number of nitrogens with two attached hydrogens (primary N) is 1. The Kier molecular flexibility index (Phi) is 8.28. The Bertz CT molecular complexity index is 1530. The molecule has 1 aliphatic rings. The first-order valence-electron chi connectivity index (χ1n) is 13.6. The van der Waals surface area contributed by atoms with Crippen LogP contribution >= 0.6 is 0 Å². The number of amides is 1. The molecule has 3 aromatic carbocycles. The lowest BCUT2D eigenvalue weighted by molar-refractivity contribution is -0.138. The highest BCUT2D eigenvalue weighted by atomic mass is 19.4. The van der Waals surface area contributed by atoms with Crippen LogP contribution in [0.15, 0.2) is 78.9 Å². The van der Waals surface area contributed by atoms with Crippen LogP contribution in [0.5, 0.6) is 0 Å². The van der Waals surface area contributed by atoms with Crippen molar-refractivity contribution in [3.8, 4) is 5.69 Å². The SMILES string of the molecule is CCc1c(C(F)(F)F)cc(C(=O)Nc2ccc(C(OCC3CC3)c3ccccc3)cc2F)n1-c1cccc(CN)c1. The third kappa shape index (κ3) is 6.36. The Hall–Kier alpha value is -3.95. The maximum Gasteiger partial charge on any atom is 0.418 e. The molecule has 1 amide bonds. The predicted octanol–water partition coefficient (Wildman–Crippen LogP) is 7.42. The third-order valence-electron chi connectivity index (χ3n) is 7.22. The highest BCUT2D eigenvalue weighted by Crippen LogP contribution is 2.37. The molecule has 9 heteroatoms. The number of alkyl halides is 3. The van der Waals surface area contributed by atoms with Crippen molar-refractivity contribution in [2.45, 2.75) is 45.0 Å². The van der Waals surface area contributed by atoms with Gasteiger partial charge in [-0.1, -0.05) is 55.5 Å². The monoisotopic (exact) mass is 565 g/mol. The quantitative estimate of drug-likeness (QED) is 0.197. The van der Waals surface area contributed by atoms with E-state index in [0.29, 0.717) is 29.3 Å². The number of anilines is 1. The Labute approximate surface area is 235 Å². The number of carbonyl (C=O) groups is 1. The van der Waals surface area contributed by atoms with Crippen LogP contribution in [0.1, 0.15) is 64.3 Å². The van der Waals surface area contributed by atoms with Crippen molar-refractivity contribution in [3.63, 3.8) is 0 Å². The number of aromatic nitrogens is 1. The molecule has 1 atom stereocenters. The van der Waals surface area contributed by atoms with Crippen molar-refractivity contribution in [2.75, 3.05) is 11.9 Å². The van der Waals surface area contributed by atoms with E-state index in [0.717, 1.165) is 24.5 Å². The topological polar surface area (TPSA) is 69.3 Å². The molecule has 1 unspecified atom stereocenters. The maximum atomic E-state index is 15.4. The van der Waals surface area contributed by atoms with Gasteiger partial charge in [0.15, 0.2) is 0 Å². The zero-order valence-corrected chi connectivity index (χ0v) is 22.5. The van der Waals surface area contributed by atoms with Crippen molar-refractivity contribution in [1.82, 2.24) is 4.57 Å². The van der Waals surface area contributed by atoms with Crippen LogP contribution < -0.4 is 11.1 Å². The minimum atomic E-state index is -4.68. The molecule has 3 N–H and O–H groups in total. The van der Waals surface area contributed by atoms with E-state index >= 15 is 4.39 Å². The third-order valence-corrected chi connectivity index (χ3v) is 7.22. The number of hydrogen-bond donors (Lipinski definition) is 2. The summed E-state index contributed by atoms with van der Waals surface area (Å²) >= 11 is 0. The Morgan fingerprint density at radius 3 is 2.41 bits per heavy atom. The van der Waals surface area contributed by atoms with E-state index in [1.165, 1.54) is 16.7 Å². The zero-order valence-electron chi connectivity index (χ0n) is 22.5. The molecule has 41 heavy (non-hydrogen) atoms. The second-order valence-electron chi connectivity index (χ2n) is 10.2. The number of nitrogens with zero attached hydrogens (tertiary/aromatic N) is 1. The van der Waals surface area contributed by atoms with Crippen LogP contribution in [0.2, 0.25) is 0 Å². The first-order chi connectivity index (χ1) is 19.7. The second kappa shape index (κ2) is 11.9. The van der Waals surface area contributed by atoms with Crippen LogP contribution in [-0.2, 0) is 23.9 Å². The van der Waals surface area contributed by atoms with Gasteiger partial charge in [0.2, 0.25) is 0 Å². The number of carbonyl (C=O) groups excluding carboxylic acids is 1. The van der Waals surface area contributed by atoms with Crippen LogP contribution in [0.3, 0.4) is 0 Å². The largest absolute Gasteiger partial charge is 0.418 e. The Morgan fingerprint density at radius 2 is 1.78 bits per heavy atom. The Morgan fingerprint density at radius 1 is 1.02 bits per heavy atom. The number of nitrogens with one attached hydrogen (secondary N) is 1. The van der Waals surface area contributed by atoms with Crippen LogP contribution in [0, 0.1) is 11.7 Å². The highest BCUT2D eigenvalue weighted by Gasteiger charge is 2.37. The summed E-state index contributed by atoms with van der Waals surface area (Å²) in [5.41, 5.74) is 6.83. The molecule has 0 aliphatic heterocycles. The fraction of sp³-hybridized carbons (Fsp3) is 0.281. The molecule has 0 bridgehead atoms. The smallest absolute Gasteiger partial charge is 0.368 e. The second-order valence-corrected chi connectivity index (χ2v) is 10.2. The molecule has 5 rings (SSSR count). The van der Waals surface area contributed by atoms with Gasteiger partial charge in [-0.2, -0.15) is 13.2 Å². The summed E-state index contributed by atoms with van der Waals surface area (Å²) in [5.74, 6) is -1.09. The van der Waals surface area contributed by atoms with Gasteiger partial charge in [-0.15, -0.1) is 0 Å². The van der Waals surface area contributed by atoms with Gasteiger partial charge in [0, 0.05) is 17.9 Å². The summed E-state index contributed by atoms with van der Waals surface area (Å²) in [6.45, 7) is 2.32. The van der Waals surface area contributed by atoms with Gasteiger partial charge in [-0.05, 0) is 72.2 Å². The van der Waals surface area contributed by atoms with E-state index in [-0.39, 0.29) is 30.0 Å². The molecule has 1 heterocycles. The zero-order chi connectivity index (χ0) is 29.1. The molecule has 0 saturated heterocycles. The minimum absolute atomic E-state index is 0.0137. The van der Waals surface area contributed by atoms with Gasteiger partial charge in [0.25, 0.3) is 5.91 Å². The lowest BCUT2D eigenvalue weighted by atomic mass is 10.0. The summed E-state index contributed by atoms with van der Waals surface area (Å²) in [4.78, 5) is 13.4.